The number of aromatic nitrogens is 2. The van der Waals surface area contributed by atoms with Gasteiger partial charge in [-0.1, -0.05) is 29.8 Å². The van der Waals surface area contributed by atoms with E-state index in [0.717, 1.165) is 16.3 Å². The summed E-state index contributed by atoms with van der Waals surface area (Å²) >= 11 is 5.91. The average Bonchev–Trinajstić information content (AvgIpc) is 3.22. The van der Waals surface area contributed by atoms with E-state index >= 15 is 0 Å². The van der Waals surface area contributed by atoms with Gasteiger partial charge in [0, 0.05) is 16.8 Å². The standard InChI is InChI=1S/C22H20ClN5O3/c1-14-12-19(28(25-14)18-6-4-3-5-7-18)24-20(29)13-26-21(30)15(2)27(22(26)31)17-10-8-16(23)9-11-17/h3-12,15H,13H2,1-2H3,(H,24,29)/t15-/m1/s1. The number of para-hydroxylation sites is 1. The molecule has 4 rings (SSSR count). The minimum Gasteiger partial charge on any atom is -0.309 e. The van der Waals surface area contributed by atoms with Crippen LogP contribution in [0.4, 0.5) is 16.3 Å². The molecule has 31 heavy (non-hydrogen) atoms. The number of rotatable bonds is 5. The van der Waals surface area contributed by atoms with Gasteiger partial charge in [-0.05, 0) is 50.2 Å². The van der Waals surface area contributed by atoms with Gasteiger partial charge in [0.1, 0.15) is 18.4 Å². The molecule has 0 saturated carbocycles. The fourth-order valence-corrected chi connectivity index (χ4v) is 3.61. The van der Waals surface area contributed by atoms with Crippen molar-refractivity contribution in [3.63, 3.8) is 0 Å². The molecule has 3 aromatic rings. The van der Waals surface area contributed by atoms with Crippen molar-refractivity contribution in [2.24, 2.45) is 0 Å². The van der Waals surface area contributed by atoms with Gasteiger partial charge in [-0.15, -0.1) is 0 Å². The lowest BCUT2D eigenvalue weighted by molar-refractivity contribution is -0.130. The van der Waals surface area contributed by atoms with Crippen LogP contribution in [0.3, 0.4) is 0 Å². The highest BCUT2D eigenvalue weighted by atomic mass is 35.5. The van der Waals surface area contributed by atoms with Crippen molar-refractivity contribution in [2.75, 3.05) is 16.8 Å². The van der Waals surface area contributed by atoms with Crippen LogP contribution < -0.4 is 10.2 Å². The molecular weight excluding hydrogens is 418 g/mol. The van der Waals surface area contributed by atoms with E-state index < -0.39 is 30.4 Å². The number of halogens is 1. The van der Waals surface area contributed by atoms with Crippen molar-refractivity contribution in [1.29, 1.82) is 0 Å². The highest BCUT2D eigenvalue weighted by Crippen LogP contribution is 2.27. The third kappa shape index (κ3) is 4.02. The molecule has 1 aromatic heterocycles. The number of hydrogen-bond acceptors (Lipinski definition) is 4. The number of amides is 4. The Kier molecular flexibility index (Phi) is 5.48. The summed E-state index contributed by atoms with van der Waals surface area (Å²) in [6.45, 7) is 3.04. The van der Waals surface area contributed by atoms with Gasteiger partial charge >= 0.3 is 6.03 Å². The van der Waals surface area contributed by atoms with Crippen molar-refractivity contribution >= 4 is 41.0 Å². The first-order chi connectivity index (χ1) is 14.8. The third-order valence-corrected chi connectivity index (χ3v) is 5.21. The molecule has 1 saturated heterocycles. The van der Waals surface area contributed by atoms with Crippen molar-refractivity contribution in [2.45, 2.75) is 19.9 Å². The number of imide groups is 1. The summed E-state index contributed by atoms with van der Waals surface area (Å²) in [6, 6.07) is 16.4. The van der Waals surface area contributed by atoms with Gasteiger partial charge in [0.15, 0.2) is 0 Å². The van der Waals surface area contributed by atoms with Gasteiger partial charge in [-0.25, -0.2) is 9.48 Å². The Hall–Kier alpha value is -3.65. The molecule has 4 amide bonds. The second-order valence-electron chi connectivity index (χ2n) is 7.20. The Morgan fingerprint density at radius 3 is 2.42 bits per heavy atom. The minimum atomic E-state index is -0.724. The van der Waals surface area contributed by atoms with E-state index in [1.807, 2.05) is 37.3 Å². The Bertz CT molecular complexity index is 1140. The molecule has 2 heterocycles. The van der Waals surface area contributed by atoms with E-state index in [9.17, 15) is 14.4 Å². The zero-order valence-electron chi connectivity index (χ0n) is 16.9. The molecular formula is C22H20ClN5O3. The fourth-order valence-electron chi connectivity index (χ4n) is 3.49. The zero-order valence-corrected chi connectivity index (χ0v) is 17.7. The molecule has 1 N–H and O–H groups in total. The molecule has 2 aromatic carbocycles. The summed E-state index contributed by atoms with van der Waals surface area (Å²) in [6.07, 6.45) is 0. The van der Waals surface area contributed by atoms with Crippen molar-refractivity contribution in [3.8, 4) is 5.69 Å². The molecule has 9 heteroatoms. The zero-order chi connectivity index (χ0) is 22.1. The lowest BCUT2D eigenvalue weighted by Crippen LogP contribution is -2.39. The molecule has 0 aliphatic carbocycles. The van der Waals surface area contributed by atoms with Gasteiger partial charge in [0.2, 0.25) is 5.91 Å². The summed E-state index contributed by atoms with van der Waals surface area (Å²) in [4.78, 5) is 40.6. The normalized spacial score (nSPS) is 16.2. The van der Waals surface area contributed by atoms with Gasteiger partial charge in [0.25, 0.3) is 5.91 Å². The van der Waals surface area contributed by atoms with Crippen LogP contribution >= 0.6 is 11.6 Å². The number of nitrogens with zero attached hydrogens (tertiary/aromatic N) is 4. The van der Waals surface area contributed by atoms with Crippen molar-refractivity contribution < 1.29 is 14.4 Å². The molecule has 0 spiro atoms. The number of aryl methyl sites for hydroxylation is 1. The van der Waals surface area contributed by atoms with Crippen LogP contribution in [0.15, 0.2) is 60.7 Å². The van der Waals surface area contributed by atoms with Gasteiger partial charge in [-0.2, -0.15) is 5.10 Å². The molecule has 8 nitrogen and oxygen atoms in total. The quantitative estimate of drug-likeness (QED) is 0.617. The maximum absolute atomic E-state index is 12.9. The van der Waals surface area contributed by atoms with Crippen LogP contribution in [-0.2, 0) is 9.59 Å². The first kappa shape index (κ1) is 20.6. The first-order valence-electron chi connectivity index (χ1n) is 9.67. The number of urea groups is 1. The maximum Gasteiger partial charge on any atom is 0.332 e. The van der Waals surface area contributed by atoms with Crippen LogP contribution in [0.2, 0.25) is 5.02 Å². The Labute approximate surface area is 184 Å². The van der Waals surface area contributed by atoms with Gasteiger partial charge in [0.05, 0.1) is 11.4 Å². The SMILES string of the molecule is Cc1cc(NC(=O)CN2C(=O)[C@@H](C)N(c3ccc(Cl)cc3)C2=O)n(-c2ccccc2)n1. The molecule has 158 valence electrons. The highest BCUT2D eigenvalue weighted by Gasteiger charge is 2.44. The predicted molar refractivity (Wildman–Crippen MR) is 117 cm³/mol. The second kappa shape index (κ2) is 8.23. The number of anilines is 2. The summed E-state index contributed by atoms with van der Waals surface area (Å²) in [5.41, 5.74) is 2.03. The lowest BCUT2D eigenvalue weighted by Gasteiger charge is -2.19. The predicted octanol–water partition coefficient (Wildman–Crippen LogP) is 3.63. The van der Waals surface area contributed by atoms with Crippen LogP contribution in [0.1, 0.15) is 12.6 Å². The second-order valence-corrected chi connectivity index (χ2v) is 7.63. The smallest absolute Gasteiger partial charge is 0.309 e. The number of hydrogen-bond donors (Lipinski definition) is 1. The minimum absolute atomic E-state index is 0.398. The van der Waals surface area contributed by atoms with E-state index in [0.29, 0.717) is 16.5 Å². The largest absolute Gasteiger partial charge is 0.332 e. The Balaban J connectivity index is 1.51. The van der Waals surface area contributed by atoms with E-state index in [4.69, 9.17) is 11.6 Å². The summed E-state index contributed by atoms with van der Waals surface area (Å²) in [5.74, 6) is -0.484. The number of carbonyl (C=O) groups excluding carboxylic acids is 3. The lowest BCUT2D eigenvalue weighted by atomic mass is 10.2. The molecule has 1 atom stereocenters. The van der Waals surface area contributed by atoms with Crippen LogP contribution in [0.25, 0.3) is 5.69 Å². The molecule has 1 aliphatic heterocycles. The van der Waals surface area contributed by atoms with Crippen molar-refractivity contribution in [1.82, 2.24) is 14.7 Å². The maximum atomic E-state index is 12.9. The first-order valence-corrected chi connectivity index (χ1v) is 10.0. The fraction of sp³-hybridized carbons (Fsp3) is 0.182. The molecule has 0 bridgehead atoms. The Morgan fingerprint density at radius 1 is 1.06 bits per heavy atom. The van der Waals surface area contributed by atoms with Gasteiger partial charge in [-0.3, -0.25) is 19.4 Å². The molecule has 0 unspecified atom stereocenters. The number of nitrogens with one attached hydrogen (secondary N) is 1. The van der Waals surface area contributed by atoms with Crippen molar-refractivity contribution in [3.05, 3.63) is 71.4 Å². The van der Waals surface area contributed by atoms with Gasteiger partial charge < -0.3 is 5.32 Å². The number of carbonyl (C=O) groups is 3. The highest BCUT2D eigenvalue weighted by molar-refractivity contribution is 6.30. The molecule has 1 fully saturated rings. The van der Waals surface area contributed by atoms with Crippen LogP contribution in [0.5, 0.6) is 0 Å². The molecule has 0 radical (unpaired) electrons. The third-order valence-electron chi connectivity index (χ3n) is 4.95. The topological polar surface area (TPSA) is 87.5 Å². The Morgan fingerprint density at radius 2 is 1.74 bits per heavy atom. The van der Waals surface area contributed by atoms with E-state index in [2.05, 4.69) is 10.4 Å². The monoisotopic (exact) mass is 437 g/mol. The van der Waals surface area contributed by atoms with E-state index in [1.54, 1.807) is 41.9 Å². The average molecular weight is 438 g/mol. The van der Waals surface area contributed by atoms with Crippen LogP contribution in [-0.4, -0.2) is 45.1 Å². The van der Waals surface area contributed by atoms with E-state index in [1.165, 1.54) is 4.90 Å². The van der Waals surface area contributed by atoms with Crippen LogP contribution in [0, 0.1) is 6.92 Å². The molecule has 1 aliphatic rings. The summed E-state index contributed by atoms with van der Waals surface area (Å²) in [5, 5.41) is 7.68. The van der Waals surface area contributed by atoms with E-state index in [-0.39, 0.29) is 0 Å². The summed E-state index contributed by atoms with van der Waals surface area (Å²) in [7, 11) is 0. The summed E-state index contributed by atoms with van der Waals surface area (Å²) < 4.78 is 1.60. The number of benzene rings is 2.